The van der Waals surface area contributed by atoms with Gasteiger partial charge in [-0.2, -0.15) is 0 Å². The van der Waals surface area contributed by atoms with Gasteiger partial charge in [-0.05, 0) is 70.3 Å². The van der Waals surface area contributed by atoms with Gasteiger partial charge in [0.1, 0.15) is 18.1 Å². The number of methoxy groups -OCH3 is 1. The van der Waals surface area contributed by atoms with Crippen LogP contribution in [-0.2, 0) is 12.0 Å². The Morgan fingerprint density at radius 2 is 1.75 bits per heavy atom. The number of allylic oxidation sites excluding steroid dienone is 1. The van der Waals surface area contributed by atoms with Gasteiger partial charge in [-0.25, -0.2) is 0 Å². The Balaban J connectivity index is 0.000000887. The lowest BCUT2D eigenvalue weighted by Crippen LogP contribution is -2.27. The second-order valence-corrected chi connectivity index (χ2v) is 8.95. The molecule has 0 saturated carbocycles. The van der Waals surface area contributed by atoms with E-state index in [4.69, 9.17) is 20.2 Å². The van der Waals surface area contributed by atoms with Crippen molar-refractivity contribution in [2.45, 2.75) is 39.7 Å². The third-order valence-electron chi connectivity index (χ3n) is 7.03. The van der Waals surface area contributed by atoms with Crippen molar-refractivity contribution in [3.8, 4) is 22.6 Å². The van der Waals surface area contributed by atoms with Crippen molar-refractivity contribution in [3.05, 3.63) is 126 Å². The van der Waals surface area contributed by atoms with E-state index >= 15 is 0 Å². The highest BCUT2D eigenvalue weighted by atomic mass is 16.5. The normalized spacial score (nSPS) is 15.0. The van der Waals surface area contributed by atoms with Gasteiger partial charge in [0.25, 0.3) is 0 Å². The highest BCUT2D eigenvalue weighted by Crippen LogP contribution is 2.43. The van der Waals surface area contributed by atoms with Crippen LogP contribution in [0.3, 0.4) is 0 Å². The van der Waals surface area contributed by atoms with Crippen LogP contribution in [0, 0.1) is 0 Å². The van der Waals surface area contributed by atoms with Crippen LogP contribution in [-0.4, -0.2) is 17.1 Å². The summed E-state index contributed by atoms with van der Waals surface area (Å²) >= 11 is 0. The van der Waals surface area contributed by atoms with E-state index in [2.05, 4.69) is 35.8 Å². The van der Waals surface area contributed by atoms with Gasteiger partial charge in [0.15, 0.2) is 0 Å². The maximum absolute atomic E-state index is 6.40. The Bertz CT molecular complexity index is 1620. The number of nitrogens with zero attached hydrogens (tertiary/aromatic N) is 2. The highest BCUT2D eigenvalue weighted by molar-refractivity contribution is 5.96. The Morgan fingerprint density at radius 1 is 0.925 bits per heavy atom. The van der Waals surface area contributed by atoms with Gasteiger partial charge in [-0.1, -0.05) is 58.0 Å². The molecule has 0 amide bonds. The van der Waals surface area contributed by atoms with Crippen molar-refractivity contribution in [3.63, 3.8) is 0 Å². The predicted molar refractivity (Wildman–Crippen MR) is 168 cm³/mol. The molecule has 2 N–H and O–H groups in total. The molecule has 0 radical (unpaired) electrons. The van der Waals surface area contributed by atoms with Crippen molar-refractivity contribution in [2.24, 2.45) is 0 Å². The van der Waals surface area contributed by atoms with E-state index in [1.807, 2.05) is 94.7 Å². The first-order valence-corrected chi connectivity index (χ1v) is 13.8. The summed E-state index contributed by atoms with van der Waals surface area (Å²) in [4.78, 5) is 9.35. The third kappa shape index (κ3) is 5.03. The fraction of sp³-hybridized carbons (Fsp3) is 0.200. The molecule has 206 valence electrons. The second-order valence-electron chi connectivity index (χ2n) is 8.95. The van der Waals surface area contributed by atoms with Crippen molar-refractivity contribution in [1.29, 1.82) is 0 Å². The Morgan fingerprint density at radius 3 is 2.48 bits per heavy atom. The zero-order valence-electron chi connectivity index (χ0n) is 23.9. The summed E-state index contributed by atoms with van der Waals surface area (Å²) in [6, 6.07) is 24.4. The van der Waals surface area contributed by atoms with Gasteiger partial charge >= 0.3 is 0 Å². The third-order valence-corrected chi connectivity index (χ3v) is 7.03. The fourth-order valence-electron chi connectivity index (χ4n) is 5.11. The summed E-state index contributed by atoms with van der Waals surface area (Å²) in [6.45, 7) is 12.6. The first kappa shape index (κ1) is 28.4. The summed E-state index contributed by atoms with van der Waals surface area (Å²) in [5.74, 6) is 1.51. The molecule has 5 nitrogen and oxygen atoms in total. The number of anilines is 1. The molecule has 1 aliphatic rings. The molecule has 1 atom stereocenters. The average Bonchev–Trinajstić information content (AvgIpc) is 3.03. The van der Waals surface area contributed by atoms with Gasteiger partial charge in [0.05, 0.1) is 18.0 Å². The lowest BCUT2D eigenvalue weighted by molar-refractivity contribution is 0.307. The van der Waals surface area contributed by atoms with E-state index in [9.17, 15) is 0 Å². The largest absolute Gasteiger partial charge is 0.497 e. The van der Waals surface area contributed by atoms with Crippen molar-refractivity contribution in [1.82, 2.24) is 9.97 Å². The molecule has 1 aliphatic heterocycles. The summed E-state index contributed by atoms with van der Waals surface area (Å²) in [7, 11) is 1.67. The van der Waals surface area contributed by atoms with Crippen molar-refractivity contribution in [2.75, 3.05) is 12.8 Å². The number of rotatable bonds is 3. The fourth-order valence-corrected chi connectivity index (χ4v) is 5.11. The molecule has 0 aliphatic carbocycles. The topological polar surface area (TPSA) is 70.3 Å². The lowest BCUT2D eigenvalue weighted by atomic mass is 9.70. The first-order valence-electron chi connectivity index (χ1n) is 13.8. The molecule has 6 bridgehead atoms. The molecular weight excluding hydrogens is 494 g/mol. The van der Waals surface area contributed by atoms with Gasteiger partial charge < -0.3 is 15.2 Å². The maximum Gasteiger partial charge on any atom is 0.121 e. The van der Waals surface area contributed by atoms with Crippen LogP contribution in [0.25, 0.3) is 22.0 Å². The summed E-state index contributed by atoms with van der Waals surface area (Å²) < 4.78 is 11.8. The number of hydrogen-bond acceptors (Lipinski definition) is 5. The average molecular weight is 534 g/mol. The molecule has 6 rings (SSSR count). The molecule has 0 fully saturated rings. The Hall–Kier alpha value is -4.64. The van der Waals surface area contributed by atoms with Crippen LogP contribution in [0.15, 0.2) is 104 Å². The van der Waals surface area contributed by atoms with Gasteiger partial charge in [-0.15, -0.1) is 6.58 Å². The molecular formula is C35H39N3O2. The lowest BCUT2D eigenvalue weighted by Gasteiger charge is -2.33. The molecule has 5 heteroatoms. The second kappa shape index (κ2) is 12.5. The molecule has 2 aromatic heterocycles. The summed E-state index contributed by atoms with van der Waals surface area (Å²) in [5.41, 5.74) is 13.1. The Kier molecular flexibility index (Phi) is 8.85. The van der Waals surface area contributed by atoms with Crippen LogP contribution in [0.4, 0.5) is 5.69 Å². The smallest absolute Gasteiger partial charge is 0.121 e. The van der Waals surface area contributed by atoms with E-state index in [1.54, 1.807) is 13.3 Å². The molecule has 3 aromatic carbocycles. The number of hydrogen-bond donors (Lipinski definition) is 1. The maximum atomic E-state index is 6.40. The number of fused-ring (bicyclic) bond motifs is 6. The number of ether oxygens (including phenoxy) is 2. The van der Waals surface area contributed by atoms with E-state index in [-0.39, 0.29) is 1.43 Å². The first-order chi connectivity index (χ1) is 19.6. The molecule has 1 unspecified atom stereocenters. The number of nitrogens with two attached hydrogens (primary N) is 1. The van der Waals surface area contributed by atoms with E-state index in [0.717, 1.165) is 55.8 Å². The van der Waals surface area contributed by atoms with Gasteiger partial charge in [0.2, 0.25) is 0 Å². The monoisotopic (exact) mass is 533 g/mol. The van der Waals surface area contributed by atoms with Crippen LogP contribution >= 0.6 is 0 Å². The number of benzene rings is 3. The highest BCUT2D eigenvalue weighted by Gasteiger charge is 2.35. The van der Waals surface area contributed by atoms with E-state index in [0.29, 0.717) is 12.3 Å². The number of pyridine rings is 2. The van der Waals surface area contributed by atoms with Crippen LogP contribution in [0.2, 0.25) is 0 Å². The zero-order valence-corrected chi connectivity index (χ0v) is 23.9. The van der Waals surface area contributed by atoms with E-state index in [1.165, 1.54) is 0 Å². The molecule has 5 aromatic rings. The van der Waals surface area contributed by atoms with Gasteiger partial charge in [-0.3, -0.25) is 9.97 Å². The van der Waals surface area contributed by atoms with Crippen LogP contribution in [0.5, 0.6) is 11.5 Å². The van der Waals surface area contributed by atoms with Crippen molar-refractivity contribution < 1.29 is 10.9 Å². The van der Waals surface area contributed by atoms with Crippen molar-refractivity contribution >= 4 is 16.6 Å². The zero-order chi connectivity index (χ0) is 28.7. The molecule has 40 heavy (non-hydrogen) atoms. The minimum atomic E-state index is -0.707. The minimum absolute atomic E-state index is 0. The number of aromatic nitrogens is 2. The molecule has 3 heterocycles. The van der Waals surface area contributed by atoms with Crippen LogP contribution < -0.4 is 15.2 Å². The van der Waals surface area contributed by atoms with Gasteiger partial charge in [0, 0.05) is 42.7 Å². The SMILES string of the molecule is C=CC1(c2cccnc2)c2ccc(N)c(c2)COc2cccc(c2)-c2cc(OC)cc3ncc1cc23.CC.CC.[HH]. The molecule has 0 saturated heterocycles. The minimum Gasteiger partial charge on any atom is -0.497 e. The summed E-state index contributed by atoms with van der Waals surface area (Å²) in [6.07, 6.45) is 7.54. The standard InChI is InChI=1S/C31H25N3O2.2C2H6.H2/c1-3-31(23-7-5-11-33-17-23)22-9-10-29(32)21(12-22)19-36-25-8-4-6-20(13-25)27-15-26(35-2)16-30-28(27)14-24(31)18-34-30;2*1-2;/h3-18H,1,19,32H2,2H3;2*1-2H3;1H. The van der Waals surface area contributed by atoms with Crippen LogP contribution in [0.1, 0.15) is 51.4 Å². The predicted octanol–water partition coefficient (Wildman–Crippen LogP) is 8.60. The molecule has 0 spiro atoms. The quantitative estimate of drug-likeness (QED) is 0.186. The summed E-state index contributed by atoms with van der Waals surface area (Å²) in [5, 5.41) is 1.01. The Labute approximate surface area is 238 Å². The van der Waals surface area contributed by atoms with E-state index < -0.39 is 5.41 Å². The number of nitrogen functional groups attached to an aromatic ring is 1.